The second kappa shape index (κ2) is 4.92. The first kappa shape index (κ1) is 13.8. The fourth-order valence-electron chi connectivity index (χ4n) is 1.33. The Kier molecular flexibility index (Phi) is 3.98. The van der Waals surface area contributed by atoms with E-state index in [1.165, 1.54) is 0 Å². The molecule has 94 valence electrons. The molecule has 0 atom stereocenters. The highest BCUT2D eigenvalue weighted by Gasteiger charge is 2.18. The van der Waals surface area contributed by atoms with E-state index in [0.717, 1.165) is 17.4 Å². The highest BCUT2D eigenvalue weighted by molar-refractivity contribution is 7.90. The van der Waals surface area contributed by atoms with Crippen LogP contribution in [0.1, 0.15) is 32.8 Å². The zero-order chi connectivity index (χ0) is 13.1. The van der Waals surface area contributed by atoms with Crippen LogP contribution >= 0.6 is 0 Å². The molecule has 17 heavy (non-hydrogen) atoms. The minimum atomic E-state index is -3.66. The van der Waals surface area contributed by atoms with Crippen molar-refractivity contribution >= 4 is 10.1 Å². The Bertz CT molecular complexity index is 484. The van der Waals surface area contributed by atoms with E-state index < -0.39 is 10.1 Å². The van der Waals surface area contributed by atoms with Crippen molar-refractivity contribution < 1.29 is 12.6 Å². The topological polar surface area (TPSA) is 43.4 Å². The molecule has 0 aliphatic heterocycles. The summed E-state index contributed by atoms with van der Waals surface area (Å²) in [5.41, 5.74) is 1.24. The summed E-state index contributed by atoms with van der Waals surface area (Å²) in [5.74, 6) is 0.306. The minimum absolute atomic E-state index is 0.0792. The van der Waals surface area contributed by atoms with Gasteiger partial charge in [-0.05, 0) is 29.5 Å². The fraction of sp³-hybridized carbons (Fsp3) is 0.385. The summed E-state index contributed by atoms with van der Waals surface area (Å²) in [7, 11) is -3.66. The summed E-state index contributed by atoms with van der Waals surface area (Å²) < 4.78 is 27.1. The summed E-state index contributed by atoms with van der Waals surface area (Å²) in [6.45, 7) is 9.59. The molecular weight excluding hydrogens is 236 g/mol. The van der Waals surface area contributed by atoms with E-state index in [1.807, 2.05) is 12.1 Å². The van der Waals surface area contributed by atoms with Crippen LogP contribution in [0.3, 0.4) is 0 Å². The molecule has 0 radical (unpaired) electrons. The lowest BCUT2D eigenvalue weighted by atomic mass is 9.82. The van der Waals surface area contributed by atoms with Gasteiger partial charge in [0.25, 0.3) is 0 Å². The second-order valence-corrected chi connectivity index (χ2v) is 5.99. The number of hydrogen-bond acceptors (Lipinski definition) is 3. The van der Waals surface area contributed by atoms with Crippen molar-refractivity contribution in [2.75, 3.05) is 0 Å². The van der Waals surface area contributed by atoms with Gasteiger partial charge in [-0.25, -0.2) is 0 Å². The molecule has 0 saturated carbocycles. The largest absolute Gasteiger partial charge is 0.379 e. The van der Waals surface area contributed by atoms with Gasteiger partial charge >= 0.3 is 10.1 Å². The van der Waals surface area contributed by atoms with Crippen molar-refractivity contribution in [2.45, 2.75) is 32.6 Å². The van der Waals surface area contributed by atoms with Gasteiger partial charge in [0.1, 0.15) is 5.75 Å². The molecule has 1 rings (SSSR count). The Labute approximate surface area is 103 Å². The molecule has 0 heterocycles. The fourth-order valence-corrected chi connectivity index (χ4v) is 1.78. The van der Waals surface area contributed by atoms with E-state index in [2.05, 4.69) is 27.4 Å². The van der Waals surface area contributed by atoms with E-state index in [4.69, 9.17) is 4.18 Å². The third-order valence-corrected chi connectivity index (χ3v) is 3.77. The van der Waals surface area contributed by atoms with Gasteiger partial charge in [0.05, 0.1) is 5.41 Å². The van der Waals surface area contributed by atoms with Crippen LogP contribution in [0.5, 0.6) is 5.75 Å². The van der Waals surface area contributed by atoms with Crippen LogP contribution in [0.25, 0.3) is 0 Å². The van der Waals surface area contributed by atoms with Crippen LogP contribution < -0.4 is 4.18 Å². The Morgan fingerprint density at radius 2 is 1.82 bits per heavy atom. The van der Waals surface area contributed by atoms with Crippen LogP contribution in [0.2, 0.25) is 0 Å². The van der Waals surface area contributed by atoms with E-state index in [9.17, 15) is 8.42 Å². The van der Waals surface area contributed by atoms with Gasteiger partial charge in [-0.15, -0.1) is 0 Å². The maximum Gasteiger partial charge on any atom is 0.331 e. The Morgan fingerprint density at radius 3 is 2.24 bits per heavy atom. The molecule has 4 heteroatoms. The van der Waals surface area contributed by atoms with Crippen molar-refractivity contribution in [1.29, 1.82) is 0 Å². The van der Waals surface area contributed by atoms with Gasteiger partial charge in [0.15, 0.2) is 0 Å². The normalized spacial score (nSPS) is 12.2. The summed E-state index contributed by atoms with van der Waals surface area (Å²) in [4.78, 5) is 0. The molecule has 0 amide bonds. The first-order valence-corrected chi connectivity index (χ1v) is 6.95. The SMILES string of the molecule is C=CS(=O)(=O)Oc1ccc(C(C)(C)CC)cc1. The minimum Gasteiger partial charge on any atom is -0.379 e. The van der Waals surface area contributed by atoms with Crippen molar-refractivity contribution in [2.24, 2.45) is 0 Å². The summed E-state index contributed by atoms with van der Waals surface area (Å²) in [6, 6.07) is 7.09. The Balaban J connectivity index is 2.93. The smallest absolute Gasteiger partial charge is 0.331 e. The van der Waals surface area contributed by atoms with E-state index in [1.54, 1.807) is 12.1 Å². The number of hydrogen-bond donors (Lipinski definition) is 0. The van der Waals surface area contributed by atoms with Gasteiger partial charge in [-0.3, -0.25) is 0 Å². The molecule has 0 spiro atoms. The maximum atomic E-state index is 11.2. The standard InChI is InChI=1S/C13H18O3S/c1-5-13(3,4)11-7-9-12(10-8-11)16-17(14,15)6-2/h6-10H,2,5H2,1,3-4H3. The van der Waals surface area contributed by atoms with Crippen LogP contribution in [0.4, 0.5) is 0 Å². The lowest BCUT2D eigenvalue weighted by molar-refractivity contribution is 0.492. The first-order chi connectivity index (χ1) is 7.80. The third-order valence-electron chi connectivity index (χ3n) is 2.94. The van der Waals surface area contributed by atoms with E-state index in [0.29, 0.717) is 5.75 Å². The van der Waals surface area contributed by atoms with Gasteiger partial charge in [0.2, 0.25) is 0 Å². The van der Waals surface area contributed by atoms with Gasteiger partial charge in [-0.2, -0.15) is 8.42 Å². The van der Waals surface area contributed by atoms with Crippen molar-refractivity contribution in [1.82, 2.24) is 0 Å². The molecule has 0 bridgehead atoms. The molecule has 3 nitrogen and oxygen atoms in total. The lowest BCUT2D eigenvalue weighted by Gasteiger charge is -2.23. The Morgan fingerprint density at radius 1 is 1.29 bits per heavy atom. The van der Waals surface area contributed by atoms with Crippen molar-refractivity contribution in [3.63, 3.8) is 0 Å². The first-order valence-electron chi connectivity index (χ1n) is 5.48. The molecule has 1 aromatic rings. The molecule has 0 saturated heterocycles. The molecule has 1 aromatic carbocycles. The zero-order valence-corrected chi connectivity index (χ0v) is 11.3. The lowest BCUT2D eigenvalue weighted by Crippen LogP contribution is -2.15. The Hall–Kier alpha value is -1.29. The molecule has 0 fully saturated rings. The summed E-state index contributed by atoms with van der Waals surface area (Å²) in [5, 5.41) is 0.789. The number of benzene rings is 1. The highest BCUT2D eigenvalue weighted by Crippen LogP contribution is 2.28. The average Bonchev–Trinajstić information content (AvgIpc) is 2.29. The summed E-state index contributed by atoms with van der Waals surface area (Å²) >= 11 is 0. The van der Waals surface area contributed by atoms with Crippen LogP contribution in [0.15, 0.2) is 36.3 Å². The predicted octanol–water partition coefficient (Wildman–Crippen LogP) is 3.23. The van der Waals surface area contributed by atoms with Crippen molar-refractivity contribution in [3.8, 4) is 5.75 Å². The average molecular weight is 254 g/mol. The van der Waals surface area contributed by atoms with Gasteiger partial charge in [0, 0.05) is 0 Å². The van der Waals surface area contributed by atoms with Crippen LogP contribution in [-0.2, 0) is 15.5 Å². The molecule has 0 aliphatic carbocycles. The van der Waals surface area contributed by atoms with E-state index >= 15 is 0 Å². The molecule has 0 N–H and O–H groups in total. The molecule has 0 unspecified atom stereocenters. The molecule has 0 aliphatic rings. The third kappa shape index (κ3) is 3.60. The maximum absolute atomic E-state index is 11.2. The van der Waals surface area contributed by atoms with E-state index in [-0.39, 0.29) is 5.41 Å². The predicted molar refractivity (Wildman–Crippen MR) is 69.5 cm³/mol. The quantitative estimate of drug-likeness (QED) is 0.758. The van der Waals surface area contributed by atoms with Gasteiger partial charge in [-0.1, -0.05) is 39.5 Å². The van der Waals surface area contributed by atoms with Crippen LogP contribution in [0, 0.1) is 0 Å². The van der Waals surface area contributed by atoms with Crippen LogP contribution in [-0.4, -0.2) is 8.42 Å². The zero-order valence-electron chi connectivity index (χ0n) is 10.4. The van der Waals surface area contributed by atoms with Crippen molar-refractivity contribution in [3.05, 3.63) is 41.8 Å². The monoisotopic (exact) mass is 254 g/mol. The molecular formula is C13H18O3S. The second-order valence-electron chi connectivity index (χ2n) is 4.50. The molecule has 0 aromatic heterocycles. The van der Waals surface area contributed by atoms with Gasteiger partial charge < -0.3 is 4.18 Å². The number of rotatable bonds is 5. The highest BCUT2D eigenvalue weighted by atomic mass is 32.2. The summed E-state index contributed by atoms with van der Waals surface area (Å²) in [6.07, 6.45) is 1.01.